The van der Waals surface area contributed by atoms with Crippen LogP contribution in [0.1, 0.15) is 18.5 Å². The summed E-state index contributed by atoms with van der Waals surface area (Å²) < 4.78 is 24.8. The molecule has 0 radical (unpaired) electrons. The number of rotatable bonds is 5. The van der Waals surface area contributed by atoms with Crippen molar-refractivity contribution in [2.75, 3.05) is 13.6 Å². The summed E-state index contributed by atoms with van der Waals surface area (Å²) in [5.74, 6) is 0. The minimum absolute atomic E-state index is 0.235. The van der Waals surface area contributed by atoms with Crippen LogP contribution < -0.4 is 5.73 Å². The minimum Gasteiger partial charge on any atom is -0.326 e. The van der Waals surface area contributed by atoms with Gasteiger partial charge in [-0.3, -0.25) is 4.90 Å². The van der Waals surface area contributed by atoms with Gasteiger partial charge in [0, 0.05) is 17.1 Å². The zero-order valence-corrected chi connectivity index (χ0v) is 10.7. The van der Waals surface area contributed by atoms with Gasteiger partial charge in [-0.15, -0.1) is 0 Å². The second-order valence-electron chi connectivity index (χ2n) is 4.19. The Morgan fingerprint density at radius 1 is 1.29 bits per heavy atom. The van der Waals surface area contributed by atoms with Crippen LogP contribution >= 0.6 is 11.6 Å². The third-order valence-electron chi connectivity index (χ3n) is 2.61. The standard InChI is InChI=1S/C12H17ClF2N2/c1-8(16)12(17(2)7-11(14)15)9-3-5-10(13)6-4-9/h3-6,8,11-12H,7,16H2,1-2H3. The molecule has 0 heterocycles. The Kier molecular flexibility index (Phi) is 5.31. The molecule has 0 aliphatic heterocycles. The van der Waals surface area contributed by atoms with E-state index >= 15 is 0 Å². The van der Waals surface area contributed by atoms with Gasteiger partial charge in [0.25, 0.3) is 6.43 Å². The van der Waals surface area contributed by atoms with Gasteiger partial charge in [-0.2, -0.15) is 0 Å². The third-order valence-corrected chi connectivity index (χ3v) is 2.86. The highest BCUT2D eigenvalue weighted by atomic mass is 35.5. The number of alkyl halides is 2. The smallest absolute Gasteiger partial charge is 0.251 e. The number of halogens is 3. The molecule has 96 valence electrons. The number of hydrogen-bond acceptors (Lipinski definition) is 2. The first kappa shape index (κ1) is 14.4. The fraction of sp³-hybridized carbons (Fsp3) is 0.500. The van der Waals surface area contributed by atoms with Gasteiger partial charge < -0.3 is 5.73 Å². The molecule has 2 N–H and O–H groups in total. The first-order valence-corrected chi connectivity index (χ1v) is 5.79. The van der Waals surface area contributed by atoms with E-state index in [1.165, 1.54) is 0 Å². The van der Waals surface area contributed by atoms with Gasteiger partial charge in [0.15, 0.2) is 0 Å². The highest BCUT2D eigenvalue weighted by Gasteiger charge is 2.23. The zero-order chi connectivity index (χ0) is 13.0. The summed E-state index contributed by atoms with van der Waals surface area (Å²) in [4.78, 5) is 1.57. The molecule has 0 fully saturated rings. The molecule has 0 bridgehead atoms. The van der Waals surface area contributed by atoms with E-state index in [0.717, 1.165) is 5.56 Å². The van der Waals surface area contributed by atoms with Crippen molar-refractivity contribution in [2.45, 2.75) is 25.4 Å². The van der Waals surface area contributed by atoms with Crippen molar-refractivity contribution in [1.29, 1.82) is 0 Å². The predicted octanol–water partition coefficient (Wildman–Crippen LogP) is 2.93. The molecule has 0 amide bonds. The lowest BCUT2D eigenvalue weighted by Gasteiger charge is -2.31. The van der Waals surface area contributed by atoms with E-state index in [1.807, 2.05) is 12.1 Å². The van der Waals surface area contributed by atoms with Crippen LogP contribution in [0.2, 0.25) is 5.02 Å². The number of nitrogens with zero attached hydrogens (tertiary/aromatic N) is 1. The highest BCUT2D eigenvalue weighted by Crippen LogP contribution is 2.24. The lowest BCUT2D eigenvalue weighted by atomic mass is 10.00. The Hall–Kier alpha value is -0.710. The van der Waals surface area contributed by atoms with Crippen LogP contribution in [-0.2, 0) is 0 Å². The van der Waals surface area contributed by atoms with Crippen molar-refractivity contribution in [1.82, 2.24) is 4.90 Å². The molecule has 1 aromatic rings. The molecule has 5 heteroatoms. The maximum absolute atomic E-state index is 12.4. The maximum Gasteiger partial charge on any atom is 0.251 e. The van der Waals surface area contributed by atoms with Crippen LogP contribution in [-0.4, -0.2) is 31.0 Å². The molecule has 0 saturated carbocycles. The zero-order valence-electron chi connectivity index (χ0n) is 9.91. The molecule has 2 nitrogen and oxygen atoms in total. The van der Waals surface area contributed by atoms with Crippen molar-refractivity contribution < 1.29 is 8.78 Å². The minimum atomic E-state index is -2.37. The lowest BCUT2D eigenvalue weighted by molar-refractivity contribution is 0.0754. The first-order chi connectivity index (χ1) is 7.91. The van der Waals surface area contributed by atoms with E-state index in [9.17, 15) is 8.78 Å². The summed E-state index contributed by atoms with van der Waals surface area (Å²) in [6.45, 7) is 1.51. The molecule has 1 aromatic carbocycles. The van der Waals surface area contributed by atoms with Crippen molar-refractivity contribution in [2.24, 2.45) is 5.73 Å². The fourth-order valence-corrected chi connectivity index (χ4v) is 2.08. The molecule has 0 saturated heterocycles. The van der Waals surface area contributed by atoms with Crippen LogP contribution in [0.15, 0.2) is 24.3 Å². The molecule has 0 aromatic heterocycles. The number of nitrogens with two attached hydrogens (primary N) is 1. The molecule has 0 aliphatic carbocycles. The summed E-state index contributed by atoms with van der Waals surface area (Å²) >= 11 is 5.79. The van der Waals surface area contributed by atoms with E-state index < -0.39 is 6.43 Å². The van der Waals surface area contributed by atoms with Gasteiger partial charge in [0.05, 0.1) is 6.54 Å². The van der Waals surface area contributed by atoms with Crippen molar-refractivity contribution >= 4 is 11.6 Å². The van der Waals surface area contributed by atoms with Crippen LogP contribution in [0.4, 0.5) is 8.78 Å². The topological polar surface area (TPSA) is 29.3 Å². The van der Waals surface area contributed by atoms with Gasteiger partial charge in [-0.05, 0) is 31.7 Å². The predicted molar refractivity (Wildman–Crippen MR) is 66.5 cm³/mol. The summed E-state index contributed by atoms with van der Waals surface area (Å²) in [6.07, 6.45) is -2.37. The van der Waals surface area contributed by atoms with Crippen molar-refractivity contribution in [3.8, 4) is 0 Å². The molecule has 0 aliphatic rings. The average Bonchev–Trinajstić information content (AvgIpc) is 2.19. The second kappa shape index (κ2) is 6.28. The normalized spacial score (nSPS) is 15.3. The van der Waals surface area contributed by atoms with Gasteiger partial charge >= 0.3 is 0 Å². The monoisotopic (exact) mass is 262 g/mol. The molecule has 2 unspecified atom stereocenters. The molecule has 17 heavy (non-hydrogen) atoms. The maximum atomic E-state index is 12.4. The van der Waals surface area contributed by atoms with Gasteiger partial charge in [-0.25, -0.2) is 8.78 Å². The Labute approximate surface area is 105 Å². The van der Waals surface area contributed by atoms with E-state index in [4.69, 9.17) is 17.3 Å². The summed E-state index contributed by atoms with van der Waals surface area (Å²) in [5.41, 5.74) is 6.76. The van der Waals surface area contributed by atoms with Crippen LogP contribution in [0.25, 0.3) is 0 Å². The largest absolute Gasteiger partial charge is 0.326 e. The summed E-state index contributed by atoms with van der Waals surface area (Å²) in [6, 6.07) is 6.64. The summed E-state index contributed by atoms with van der Waals surface area (Å²) in [5, 5.41) is 0.619. The Bertz CT molecular complexity index is 341. The van der Waals surface area contributed by atoms with Gasteiger partial charge in [0.1, 0.15) is 0 Å². The van der Waals surface area contributed by atoms with E-state index in [-0.39, 0.29) is 18.6 Å². The van der Waals surface area contributed by atoms with Gasteiger partial charge in [0.2, 0.25) is 0 Å². The van der Waals surface area contributed by atoms with Crippen LogP contribution in [0.3, 0.4) is 0 Å². The molecular formula is C12H17ClF2N2. The van der Waals surface area contributed by atoms with Crippen molar-refractivity contribution in [3.05, 3.63) is 34.9 Å². The third kappa shape index (κ3) is 4.22. The Morgan fingerprint density at radius 2 is 1.82 bits per heavy atom. The second-order valence-corrected chi connectivity index (χ2v) is 4.62. The van der Waals surface area contributed by atoms with E-state index in [1.54, 1.807) is 31.0 Å². The van der Waals surface area contributed by atoms with Crippen molar-refractivity contribution in [3.63, 3.8) is 0 Å². The molecule has 2 atom stereocenters. The van der Waals surface area contributed by atoms with E-state index in [2.05, 4.69) is 0 Å². The number of benzene rings is 1. The van der Waals surface area contributed by atoms with Crippen LogP contribution in [0, 0.1) is 0 Å². The molecular weight excluding hydrogens is 246 g/mol. The molecule has 1 rings (SSSR count). The quantitative estimate of drug-likeness (QED) is 0.884. The number of hydrogen-bond donors (Lipinski definition) is 1. The average molecular weight is 263 g/mol. The Morgan fingerprint density at radius 3 is 2.24 bits per heavy atom. The first-order valence-electron chi connectivity index (χ1n) is 5.41. The fourth-order valence-electron chi connectivity index (χ4n) is 1.95. The SMILES string of the molecule is CC(N)C(c1ccc(Cl)cc1)N(C)CC(F)F. The summed E-state index contributed by atoms with van der Waals surface area (Å²) in [7, 11) is 1.65. The van der Waals surface area contributed by atoms with Crippen LogP contribution in [0.5, 0.6) is 0 Å². The van der Waals surface area contributed by atoms with Gasteiger partial charge in [-0.1, -0.05) is 23.7 Å². The highest BCUT2D eigenvalue weighted by molar-refractivity contribution is 6.30. The lowest BCUT2D eigenvalue weighted by Crippen LogP contribution is -2.39. The number of likely N-dealkylation sites (N-methyl/N-ethyl adjacent to an activating group) is 1. The Balaban J connectivity index is 2.89. The van der Waals surface area contributed by atoms with E-state index in [0.29, 0.717) is 5.02 Å². The molecule has 0 spiro atoms.